The number of amides is 1. The third kappa shape index (κ3) is 6.63. The quantitative estimate of drug-likeness (QED) is 0.239. The van der Waals surface area contributed by atoms with E-state index in [1.54, 1.807) is 18.8 Å². The van der Waals surface area contributed by atoms with Gasteiger partial charge in [0.1, 0.15) is 0 Å². The largest absolute Gasteiger partial charge is 0.352 e. The van der Waals surface area contributed by atoms with Crippen molar-refractivity contribution < 1.29 is 4.79 Å². The Hall–Kier alpha value is -1.74. The highest BCUT2D eigenvalue weighted by molar-refractivity contribution is 14.0. The molecular weight excluding hydrogens is 507 g/mol. The average Bonchev–Trinajstić information content (AvgIpc) is 3.14. The molecule has 7 heteroatoms. The lowest BCUT2D eigenvalue weighted by atomic mass is 10.1. The topological polar surface area (TPSA) is 56.7 Å². The van der Waals surface area contributed by atoms with Crippen molar-refractivity contribution in [2.24, 2.45) is 4.99 Å². The van der Waals surface area contributed by atoms with Gasteiger partial charge in [-0.3, -0.25) is 9.79 Å². The molecule has 0 aromatic heterocycles. The van der Waals surface area contributed by atoms with E-state index in [2.05, 4.69) is 59.1 Å². The van der Waals surface area contributed by atoms with Crippen molar-refractivity contribution in [3.8, 4) is 0 Å². The zero-order valence-corrected chi connectivity index (χ0v) is 21.1. The fourth-order valence-electron chi connectivity index (χ4n) is 3.54. The Morgan fingerprint density at radius 3 is 2.43 bits per heavy atom. The van der Waals surface area contributed by atoms with Crippen LogP contribution in [0.25, 0.3) is 0 Å². The fraction of sp³-hybridized carbons (Fsp3) is 0.391. The summed E-state index contributed by atoms with van der Waals surface area (Å²) in [5.41, 5.74) is 4.91. The molecule has 30 heavy (non-hydrogen) atoms. The molecular formula is C23H31IN4OS. The number of hydrogen-bond donors (Lipinski definition) is 2. The lowest BCUT2D eigenvalue weighted by Gasteiger charge is -2.19. The number of carbonyl (C=O) groups excluding carboxylic acids is 1. The van der Waals surface area contributed by atoms with Crippen molar-refractivity contribution in [2.45, 2.75) is 44.3 Å². The van der Waals surface area contributed by atoms with Gasteiger partial charge in [0.05, 0.1) is 0 Å². The molecule has 2 aromatic carbocycles. The summed E-state index contributed by atoms with van der Waals surface area (Å²) in [5.74, 6) is 1.03. The van der Waals surface area contributed by atoms with Crippen LogP contribution in [0.5, 0.6) is 0 Å². The Balaban J connectivity index is 0.00000320. The summed E-state index contributed by atoms with van der Waals surface area (Å²) in [5, 5.41) is 6.82. The number of halogens is 1. The predicted molar refractivity (Wildman–Crippen MR) is 137 cm³/mol. The zero-order valence-electron chi connectivity index (χ0n) is 17.9. The Bertz CT molecular complexity index is 887. The van der Waals surface area contributed by atoms with Gasteiger partial charge in [0, 0.05) is 44.5 Å². The standard InChI is InChI=1S/C23H30N4OS.HI/c1-17-10-11-19(21(13-17)29-3)15-26-23(24-2)25-14-18-7-4-5-8-20(18)16-27-12-6-9-22(27)28;/h4-5,7-8,10-11,13H,6,9,12,14-16H2,1-3H3,(H2,24,25,26);1H. The summed E-state index contributed by atoms with van der Waals surface area (Å²) in [7, 11) is 1.79. The Labute approximate surface area is 201 Å². The molecule has 0 atom stereocenters. The van der Waals surface area contributed by atoms with Crippen LogP contribution >= 0.6 is 35.7 Å². The first-order valence-electron chi connectivity index (χ1n) is 10.0. The molecule has 5 nitrogen and oxygen atoms in total. The van der Waals surface area contributed by atoms with E-state index in [4.69, 9.17) is 0 Å². The number of benzene rings is 2. The van der Waals surface area contributed by atoms with Gasteiger partial charge in [-0.2, -0.15) is 0 Å². The van der Waals surface area contributed by atoms with Crippen molar-refractivity contribution >= 4 is 47.6 Å². The number of guanidine groups is 1. The number of rotatable bonds is 7. The zero-order chi connectivity index (χ0) is 20.6. The highest BCUT2D eigenvalue weighted by Crippen LogP contribution is 2.21. The van der Waals surface area contributed by atoms with Crippen molar-refractivity contribution in [1.29, 1.82) is 0 Å². The summed E-state index contributed by atoms with van der Waals surface area (Å²) < 4.78 is 0. The SMILES string of the molecule is CN=C(NCc1ccccc1CN1CCCC1=O)NCc1ccc(C)cc1SC.I. The fourth-order valence-corrected chi connectivity index (χ4v) is 4.24. The second kappa shape index (κ2) is 12.2. The smallest absolute Gasteiger partial charge is 0.222 e. The summed E-state index contributed by atoms with van der Waals surface area (Å²) in [6, 6.07) is 14.8. The molecule has 1 heterocycles. The third-order valence-electron chi connectivity index (χ3n) is 5.21. The first-order valence-corrected chi connectivity index (χ1v) is 11.3. The molecule has 162 valence electrons. The number of likely N-dealkylation sites (tertiary alicyclic amines) is 1. The molecule has 0 spiro atoms. The Morgan fingerprint density at radius 1 is 1.10 bits per heavy atom. The monoisotopic (exact) mass is 538 g/mol. The van der Waals surface area contributed by atoms with Crippen LogP contribution < -0.4 is 10.6 Å². The van der Waals surface area contributed by atoms with Crippen LogP contribution in [0, 0.1) is 6.92 Å². The van der Waals surface area contributed by atoms with Gasteiger partial charge in [-0.05, 0) is 47.9 Å². The minimum absolute atomic E-state index is 0. The highest BCUT2D eigenvalue weighted by Gasteiger charge is 2.20. The molecule has 0 radical (unpaired) electrons. The van der Waals surface area contributed by atoms with Crippen LogP contribution in [0.4, 0.5) is 0 Å². The van der Waals surface area contributed by atoms with Crippen molar-refractivity contribution in [3.05, 3.63) is 64.7 Å². The van der Waals surface area contributed by atoms with Crippen LogP contribution in [0.15, 0.2) is 52.4 Å². The molecule has 1 aliphatic rings. The maximum Gasteiger partial charge on any atom is 0.222 e. The summed E-state index contributed by atoms with van der Waals surface area (Å²) in [6.45, 7) is 5.05. The first kappa shape index (κ1) is 24.5. The van der Waals surface area contributed by atoms with E-state index in [-0.39, 0.29) is 29.9 Å². The molecule has 1 saturated heterocycles. The third-order valence-corrected chi connectivity index (χ3v) is 6.03. The van der Waals surface area contributed by atoms with Gasteiger partial charge >= 0.3 is 0 Å². The van der Waals surface area contributed by atoms with E-state index in [1.807, 2.05) is 17.0 Å². The molecule has 3 rings (SSSR count). The van der Waals surface area contributed by atoms with Gasteiger partial charge in [-0.25, -0.2) is 0 Å². The number of thioether (sulfide) groups is 1. The van der Waals surface area contributed by atoms with Crippen LogP contribution in [-0.2, 0) is 24.4 Å². The first-order chi connectivity index (χ1) is 14.1. The van der Waals surface area contributed by atoms with E-state index < -0.39 is 0 Å². The molecule has 0 saturated carbocycles. The highest BCUT2D eigenvalue weighted by atomic mass is 127. The van der Waals surface area contributed by atoms with E-state index in [1.165, 1.54) is 27.1 Å². The molecule has 0 bridgehead atoms. The maximum absolute atomic E-state index is 12.0. The second-order valence-electron chi connectivity index (χ2n) is 7.28. The number of carbonyl (C=O) groups is 1. The number of hydrogen-bond acceptors (Lipinski definition) is 3. The van der Waals surface area contributed by atoms with E-state index in [0.717, 1.165) is 25.5 Å². The van der Waals surface area contributed by atoms with Crippen LogP contribution in [-0.4, -0.2) is 36.6 Å². The van der Waals surface area contributed by atoms with E-state index >= 15 is 0 Å². The van der Waals surface area contributed by atoms with Crippen molar-refractivity contribution in [2.75, 3.05) is 19.8 Å². The number of nitrogens with one attached hydrogen (secondary N) is 2. The van der Waals surface area contributed by atoms with Crippen LogP contribution in [0.3, 0.4) is 0 Å². The Kier molecular flexibility index (Phi) is 9.97. The van der Waals surface area contributed by atoms with Gasteiger partial charge in [0.25, 0.3) is 0 Å². The second-order valence-corrected chi connectivity index (χ2v) is 8.13. The van der Waals surface area contributed by atoms with Gasteiger partial charge in [0.2, 0.25) is 5.91 Å². The number of aliphatic imine (C=N–C) groups is 1. The molecule has 1 amide bonds. The minimum Gasteiger partial charge on any atom is -0.352 e. The van der Waals surface area contributed by atoms with Gasteiger partial charge < -0.3 is 15.5 Å². The normalized spacial score (nSPS) is 13.9. The maximum atomic E-state index is 12.0. The molecule has 0 aliphatic carbocycles. The minimum atomic E-state index is 0. The van der Waals surface area contributed by atoms with Gasteiger partial charge in [0.15, 0.2) is 5.96 Å². The molecule has 2 N–H and O–H groups in total. The molecule has 0 unspecified atom stereocenters. The molecule has 1 aliphatic heterocycles. The lowest BCUT2D eigenvalue weighted by Crippen LogP contribution is -2.36. The van der Waals surface area contributed by atoms with Crippen molar-refractivity contribution in [1.82, 2.24) is 15.5 Å². The molecule has 1 fully saturated rings. The van der Waals surface area contributed by atoms with E-state index in [9.17, 15) is 4.79 Å². The summed E-state index contributed by atoms with van der Waals surface area (Å²) in [6.07, 6.45) is 3.74. The van der Waals surface area contributed by atoms with Crippen LogP contribution in [0.1, 0.15) is 35.1 Å². The summed E-state index contributed by atoms with van der Waals surface area (Å²) in [4.78, 5) is 19.6. The van der Waals surface area contributed by atoms with E-state index in [0.29, 0.717) is 19.5 Å². The predicted octanol–water partition coefficient (Wildman–Crippen LogP) is 4.32. The summed E-state index contributed by atoms with van der Waals surface area (Å²) >= 11 is 1.76. The van der Waals surface area contributed by atoms with Gasteiger partial charge in [-0.1, -0.05) is 36.4 Å². The van der Waals surface area contributed by atoms with Gasteiger partial charge in [-0.15, -0.1) is 35.7 Å². The average molecular weight is 538 g/mol. The Morgan fingerprint density at radius 2 is 1.80 bits per heavy atom. The number of aryl methyl sites for hydroxylation is 1. The number of nitrogens with zero attached hydrogens (tertiary/aromatic N) is 2. The van der Waals surface area contributed by atoms with Crippen molar-refractivity contribution in [3.63, 3.8) is 0 Å². The lowest BCUT2D eigenvalue weighted by molar-refractivity contribution is -0.128. The molecule has 2 aromatic rings. The van der Waals surface area contributed by atoms with Crippen LogP contribution in [0.2, 0.25) is 0 Å².